The zero-order valence-corrected chi connectivity index (χ0v) is 10.8. The van der Waals surface area contributed by atoms with Crippen molar-refractivity contribution in [1.29, 1.82) is 0 Å². The molecule has 4 heteroatoms. The third-order valence-electron chi connectivity index (χ3n) is 2.26. The molecule has 2 nitrogen and oxygen atoms in total. The Kier molecular flexibility index (Phi) is 2.31. The lowest BCUT2D eigenvalue weighted by molar-refractivity contribution is 0.414. The fraction of sp³-hybridized carbons (Fsp3) is 0.600. The zero-order valence-electron chi connectivity index (χ0n) is 9.17. The third kappa shape index (κ3) is 1.44. The molecule has 0 aliphatic carbocycles. The van der Waals surface area contributed by atoms with Crippen LogP contribution in [0.1, 0.15) is 34.6 Å². The minimum absolute atomic E-state index is 0.149. The maximum Gasteiger partial charge on any atom is 0.0983 e. The van der Waals surface area contributed by atoms with Crippen LogP contribution >= 0.6 is 20.6 Å². The summed E-state index contributed by atoms with van der Waals surface area (Å²) >= 11 is 0. The van der Waals surface area contributed by atoms with Gasteiger partial charge in [0.25, 0.3) is 0 Å². The largest absolute Gasteiger partial charge is 0.319 e. The van der Waals surface area contributed by atoms with E-state index < -0.39 is 0 Å². The minimum Gasteiger partial charge on any atom is -0.319 e. The van der Waals surface area contributed by atoms with Crippen molar-refractivity contribution < 1.29 is 4.28 Å². The third-order valence-corrected chi connectivity index (χ3v) is 6.28. The Bertz CT molecular complexity index is 385. The van der Waals surface area contributed by atoms with Crippen LogP contribution in [0.3, 0.4) is 0 Å². The maximum atomic E-state index is 5.38. The van der Waals surface area contributed by atoms with Crippen molar-refractivity contribution in [2.24, 2.45) is 10.6 Å². The Morgan fingerprint density at radius 1 is 1.29 bits per heavy atom. The van der Waals surface area contributed by atoms with E-state index in [1.165, 1.54) is 15.3 Å². The van der Waals surface area contributed by atoms with E-state index in [0.717, 1.165) is 5.71 Å². The van der Waals surface area contributed by atoms with Crippen molar-refractivity contribution in [1.82, 2.24) is 0 Å². The van der Waals surface area contributed by atoms with Crippen molar-refractivity contribution in [2.45, 2.75) is 34.6 Å². The summed E-state index contributed by atoms with van der Waals surface area (Å²) in [6.07, 6.45) is 0. The second-order valence-corrected chi connectivity index (χ2v) is 7.61. The summed E-state index contributed by atoms with van der Waals surface area (Å²) in [6, 6.07) is 0. The number of oxime groups is 1. The quantitative estimate of drug-likeness (QED) is 0.466. The summed E-state index contributed by atoms with van der Waals surface area (Å²) in [5.41, 5.74) is 2.66. The van der Waals surface area contributed by atoms with Gasteiger partial charge in [-0.25, -0.2) is 0 Å². The van der Waals surface area contributed by atoms with Crippen molar-refractivity contribution >= 4 is 31.2 Å². The van der Waals surface area contributed by atoms with E-state index in [4.69, 9.17) is 4.28 Å². The Hall–Kier alpha value is -0.220. The smallest absolute Gasteiger partial charge is 0.0983 e. The second kappa shape index (κ2) is 3.14. The normalized spacial score (nSPS) is 26.5. The highest BCUT2D eigenvalue weighted by atomic mass is 33.1. The van der Waals surface area contributed by atoms with Crippen LogP contribution in [0.2, 0.25) is 0 Å². The molecule has 2 aliphatic heterocycles. The molecule has 1 atom stereocenters. The van der Waals surface area contributed by atoms with Gasteiger partial charge in [-0.2, -0.15) is 0 Å². The molecule has 2 rings (SSSR count). The van der Waals surface area contributed by atoms with Crippen molar-refractivity contribution in [3.63, 3.8) is 0 Å². The van der Waals surface area contributed by atoms with E-state index in [-0.39, 0.29) is 15.2 Å². The van der Waals surface area contributed by atoms with Crippen LogP contribution in [-0.4, -0.2) is 10.6 Å². The van der Waals surface area contributed by atoms with Gasteiger partial charge in [-0.1, -0.05) is 25.9 Å². The van der Waals surface area contributed by atoms with Crippen LogP contribution in [0.5, 0.6) is 0 Å². The Morgan fingerprint density at radius 2 is 1.93 bits per heavy atom. The first-order valence-electron chi connectivity index (χ1n) is 4.65. The monoisotopic (exact) mass is 229 g/mol. The van der Waals surface area contributed by atoms with Gasteiger partial charge in [0.2, 0.25) is 0 Å². The van der Waals surface area contributed by atoms with Crippen LogP contribution < -0.4 is 0 Å². The van der Waals surface area contributed by atoms with Crippen molar-refractivity contribution in [3.8, 4) is 0 Å². The van der Waals surface area contributed by atoms with Crippen LogP contribution in [0.4, 0.5) is 0 Å². The predicted molar refractivity (Wildman–Crippen MR) is 66.5 cm³/mol. The molecular weight excluding hydrogens is 214 g/mol. The topological polar surface area (TPSA) is 21.6 Å². The summed E-state index contributed by atoms with van der Waals surface area (Å²) in [4.78, 5) is 2.77. The minimum atomic E-state index is -0.149. The molecular formula is C10H15NOS2. The van der Waals surface area contributed by atoms with Crippen LogP contribution in [0.15, 0.2) is 15.6 Å². The van der Waals surface area contributed by atoms with Crippen LogP contribution in [0, 0.1) is 5.41 Å². The van der Waals surface area contributed by atoms with Gasteiger partial charge in [-0.05, 0) is 35.6 Å². The molecule has 0 saturated carbocycles. The number of nitrogens with zero attached hydrogens (tertiary/aromatic N) is 1. The molecule has 0 bridgehead atoms. The molecule has 1 unspecified atom stereocenters. The van der Waals surface area contributed by atoms with Crippen LogP contribution in [0.25, 0.3) is 0 Å². The van der Waals surface area contributed by atoms with E-state index >= 15 is 0 Å². The van der Waals surface area contributed by atoms with E-state index in [1.54, 1.807) is 0 Å². The summed E-state index contributed by atoms with van der Waals surface area (Å²) in [7, 11) is 1.68. The van der Waals surface area contributed by atoms with Gasteiger partial charge < -0.3 is 4.28 Å². The first kappa shape index (κ1) is 10.3. The SMILES string of the molecule is CC1=NOS2=C1C(C)=C(C(C)(C)C)S2. The van der Waals surface area contributed by atoms with Gasteiger partial charge in [0, 0.05) is 4.91 Å². The molecule has 0 aromatic rings. The molecule has 0 radical (unpaired) electrons. The van der Waals surface area contributed by atoms with Crippen molar-refractivity contribution in [3.05, 3.63) is 10.5 Å². The lowest BCUT2D eigenvalue weighted by atomic mass is 9.92. The molecule has 2 heterocycles. The molecule has 0 fully saturated rings. The highest BCUT2D eigenvalue weighted by Crippen LogP contribution is 2.55. The van der Waals surface area contributed by atoms with Gasteiger partial charge in [0.1, 0.15) is 0 Å². The fourth-order valence-corrected chi connectivity index (χ4v) is 6.11. The van der Waals surface area contributed by atoms with Gasteiger partial charge in [-0.15, -0.1) is 0 Å². The Balaban J connectivity index is 2.42. The molecule has 14 heavy (non-hydrogen) atoms. The lowest BCUT2D eigenvalue weighted by Gasteiger charge is -2.21. The molecule has 0 aromatic heterocycles. The molecule has 2 aliphatic rings. The molecule has 0 amide bonds. The fourth-order valence-electron chi connectivity index (χ4n) is 1.67. The highest BCUT2D eigenvalue weighted by molar-refractivity contribution is 8.84. The molecule has 0 spiro atoms. The molecule has 0 saturated heterocycles. The molecule has 78 valence electrons. The van der Waals surface area contributed by atoms with Gasteiger partial charge in [0.15, 0.2) is 0 Å². The summed E-state index contributed by atoms with van der Waals surface area (Å²) in [5, 5.41) is 4.02. The van der Waals surface area contributed by atoms with Gasteiger partial charge >= 0.3 is 0 Å². The standard InChI is InChI=1S/C10H15NOS2/c1-6-8-7(2)11-12-14(8)13-9(6)10(3,4)5/h1-5H3. The van der Waals surface area contributed by atoms with Crippen molar-refractivity contribution in [2.75, 3.05) is 0 Å². The van der Waals surface area contributed by atoms with Crippen LogP contribution in [-0.2, 0) is 4.28 Å². The maximum absolute atomic E-state index is 5.38. The number of rotatable bonds is 0. The first-order chi connectivity index (χ1) is 6.41. The van der Waals surface area contributed by atoms with E-state index in [2.05, 4.69) is 32.9 Å². The number of hydrogen-bond donors (Lipinski definition) is 0. The first-order valence-corrected chi connectivity index (χ1v) is 7.13. The average molecular weight is 229 g/mol. The average Bonchev–Trinajstić information content (AvgIpc) is 2.53. The number of hydrogen-bond acceptors (Lipinski definition) is 3. The predicted octanol–water partition coefficient (Wildman–Crippen LogP) is 3.73. The summed E-state index contributed by atoms with van der Waals surface area (Å²) < 4.78 is 5.38. The lowest BCUT2D eigenvalue weighted by Crippen LogP contribution is -2.12. The highest BCUT2D eigenvalue weighted by Gasteiger charge is 2.34. The van der Waals surface area contributed by atoms with E-state index in [9.17, 15) is 0 Å². The molecule has 0 N–H and O–H groups in total. The second-order valence-electron chi connectivity index (χ2n) is 4.60. The summed E-state index contributed by atoms with van der Waals surface area (Å²) in [5.74, 6) is 0. The zero-order chi connectivity index (χ0) is 10.5. The molecule has 0 aromatic carbocycles. The van der Waals surface area contributed by atoms with Gasteiger partial charge in [0.05, 0.1) is 20.4 Å². The van der Waals surface area contributed by atoms with E-state index in [1.807, 2.05) is 17.7 Å². The van der Waals surface area contributed by atoms with Gasteiger partial charge in [-0.3, -0.25) is 0 Å². The Labute approximate surface area is 91.3 Å². The Morgan fingerprint density at radius 3 is 2.43 bits per heavy atom. The number of allylic oxidation sites excluding steroid dienone is 2. The van der Waals surface area contributed by atoms with E-state index in [0.29, 0.717) is 0 Å². The summed E-state index contributed by atoms with van der Waals surface area (Å²) in [6.45, 7) is 11.0.